The molecule has 4 nitrogen and oxygen atoms in total. The molecule has 1 fully saturated rings. The topological polar surface area (TPSA) is 38.6 Å². The van der Waals surface area contributed by atoms with Crippen LogP contribution in [0.25, 0.3) is 5.52 Å². The lowest BCUT2D eigenvalue weighted by molar-refractivity contribution is 0.394. The van der Waals surface area contributed by atoms with Gasteiger partial charge in [-0.15, -0.1) is 0 Å². The van der Waals surface area contributed by atoms with Gasteiger partial charge in [0.2, 0.25) is 0 Å². The zero-order chi connectivity index (χ0) is 12.4. The predicted octanol–water partition coefficient (Wildman–Crippen LogP) is 2.03. The number of methoxy groups -OCH3 is 1. The predicted molar refractivity (Wildman–Crippen MR) is 71.1 cm³/mol. The van der Waals surface area contributed by atoms with E-state index in [-0.39, 0.29) is 0 Å². The molecule has 1 N–H and O–H groups in total. The Kier molecular flexibility index (Phi) is 3.19. The summed E-state index contributed by atoms with van der Waals surface area (Å²) in [7, 11) is 1.69. The minimum absolute atomic E-state index is 0.575. The van der Waals surface area contributed by atoms with Crippen LogP contribution in [0, 0.1) is 0 Å². The van der Waals surface area contributed by atoms with Crippen molar-refractivity contribution in [2.45, 2.75) is 31.7 Å². The van der Waals surface area contributed by atoms with Crippen LogP contribution in [-0.4, -0.2) is 29.1 Å². The van der Waals surface area contributed by atoms with E-state index in [2.05, 4.69) is 14.7 Å². The Hall–Kier alpha value is -1.55. The number of nitrogens with one attached hydrogen (secondary N) is 1. The van der Waals surface area contributed by atoms with Gasteiger partial charge >= 0.3 is 0 Å². The first kappa shape index (κ1) is 11.5. The molecular weight excluding hydrogens is 226 g/mol. The third kappa shape index (κ3) is 2.20. The van der Waals surface area contributed by atoms with Gasteiger partial charge in [0.1, 0.15) is 11.6 Å². The smallest absolute Gasteiger partial charge is 0.122 e. The van der Waals surface area contributed by atoms with Crippen LogP contribution in [0.15, 0.2) is 24.5 Å². The number of hydrogen-bond acceptors (Lipinski definition) is 3. The standard InChI is InChI=1S/C14H19N3O/c1-18-13-5-7-17-12(9-13)10-16-14(17)8-11-4-2-3-6-15-11/h5,7,9-11,15H,2-4,6,8H2,1H3. The molecule has 2 aromatic heterocycles. The summed E-state index contributed by atoms with van der Waals surface area (Å²) < 4.78 is 7.38. The average molecular weight is 245 g/mol. The van der Waals surface area contributed by atoms with E-state index >= 15 is 0 Å². The van der Waals surface area contributed by atoms with Crippen LogP contribution in [-0.2, 0) is 6.42 Å². The first-order chi connectivity index (χ1) is 8.86. The highest BCUT2D eigenvalue weighted by molar-refractivity contribution is 5.50. The zero-order valence-corrected chi connectivity index (χ0v) is 10.7. The molecule has 2 aromatic rings. The Morgan fingerprint density at radius 1 is 1.50 bits per heavy atom. The van der Waals surface area contributed by atoms with Gasteiger partial charge in [-0.05, 0) is 25.5 Å². The van der Waals surface area contributed by atoms with Gasteiger partial charge in [-0.2, -0.15) is 0 Å². The molecule has 1 saturated heterocycles. The third-order valence-electron chi connectivity index (χ3n) is 3.66. The molecule has 18 heavy (non-hydrogen) atoms. The van der Waals surface area contributed by atoms with Gasteiger partial charge in [-0.25, -0.2) is 4.98 Å². The third-order valence-corrected chi connectivity index (χ3v) is 3.66. The summed E-state index contributed by atoms with van der Waals surface area (Å²) in [4.78, 5) is 4.53. The van der Waals surface area contributed by atoms with Crippen molar-refractivity contribution in [2.24, 2.45) is 0 Å². The van der Waals surface area contributed by atoms with Gasteiger partial charge in [-0.3, -0.25) is 0 Å². The molecule has 1 aliphatic rings. The quantitative estimate of drug-likeness (QED) is 0.899. The van der Waals surface area contributed by atoms with Crippen LogP contribution in [0.4, 0.5) is 0 Å². The lowest BCUT2D eigenvalue weighted by Gasteiger charge is -2.22. The molecule has 3 heterocycles. The van der Waals surface area contributed by atoms with Crippen LogP contribution >= 0.6 is 0 Å². The molecule has 0 aliphatic carbocycles. The summed E-state index contributed by atoms with van der Waals surface area (Å²) in [5.41, 5.74) is 1.10. The molecular formula is C14H19N3O. The van der Waals surface area contributed by atoms with E-state index in [4.69, 9.17) is 4.74 Å². The minimum Gasteiger partial charge on any atom is -0.497 e. The van der Waals surface area contributed by atoms with Crippen molar-refractivity contribution in [3.63, 3.8) is 0 Å². The van der Waals surface area contributed by atoms with Crippen molar-refractivity contribution >= 4 is 5.52 Å². The van der Waals surface area contributed by atoms with E-state index in [1.54, 1.807) is 7.11 Å². The number of fused-ring (bicyclic) bond motifs is 1. The number of imidazole rings is 1. The van der Waals surface area contributed by atoms with Crippen LogP contribution in [0.5, 0.6) is 5.75 Å². The molecule has 0 saturated carbocycles. The molecule has 1 aliphatic heterocycles. The monoisotopic (exact) mass is 245 g/mol. The van der Waals surface area contributed by atoms with Crippen LogP contribution in [0.3, 0.4) is 0 Å². The Labute approximate surface area is 107 Å². The van der Waals surface area contributed by atoms with Crippen molar-refractivity contribution in [1.82, 2.24) is 14.7 Å². The summed E-state index contributed by atoms with van der Waals surface area (Å²) in [6.45, 7) is 1.14. The van der Waals surface area contributed by atoms with Crippen molar-refractivity contribution in [3.05, 3.63) is 30.4 Å². The largest absolute Gasteiger partial charge is 0.497 e. The maximum atomic E-state index is 5.23. The van der Waals surface area contributed by atoms with E-state index in [0.29, 0.717) is 6.04 Å². The van der Waals surface area contributed by atoms with Gasteiger partial charge in [0.15, 0.2) is 0 Å². The van der Waals surface area contributed by atoms with E-state index in [1.165, 1.54) is 19.3 Å². The van der Waals surface area contributed by atoms with E-state index in [1.807, 2.05) is 24.5 Å². The highest BCUT2D eigenvalue weighted by Gasteiger charge is 2.15. The molecule has 1 unspecified atom stereocenters. The summed E-state index contributed by atoms with van der Waals surface area (Å²) >= 11 is 0. The Morgan fingerprint density at radius 2 is 2.44 bits per heavy atom. The van der Waals surface area contributed by atoms with Gasteiger partial charge < -0.3 is 14.5 Å². The number of nitrogens with zero attached hydrogens (tertiary/aromatic N) is 2. The SMILES string of the molecule is COc1ccn2c(CC3CCCCN3)ncc2c1. The maximum absolute atomic E-state index is 5.23. The summed E-state index contributed by atoms with van der Waals surface area (Å²) in [5, 5.41) is 3.57. The zero-order valence-electron chi connectivity index (χ0n) is 10.7. The fourth-order valence-corrected chi connectivity index (χ4v) is 2.63. The molecule has 0 radical (unpaired) electrons. The Morgan fingerprint density at radius 3 is 3.22 bits per heavy atom. The molecule has 4 heteroatoms. The molecule has 3 rings (SSSR count). The Balaban J connectivity index is 1.83. The second kappa shape index (κ2) is 4.98. The lowest BCUT2D eigenvalue weighted by Crippen LogP contribution is -2.36. The number of piperidine rings is 1. The summed E-state index contributed by atoms with van der Waals surface area (Å²) in [6, 6.07) is 4.57. The molecule has 0 amide bonds. The molecule has 0 spiro atoms. The van der Waals surface area contributed by atoms with Crippen LogP contribution in [0.1, 0.15) is 25.1 Å². The van der Waals surface area contributed by atoms with E-state index < -0.39 is 0 Å². The fraction of sp³-hybridized carbons (Fsp3) is 0.500. The number of rotatable bonds is 3. The van der Waals surface area contributed by atoms with E-state index in [0.717, 1.165) is 30.1 Å². The van der Waals surface area contributed by atoms with Gasteiger partial charge in [-0.1, -0.05) is 6.42 Å². The number of aromatic nitrogens is 2. The summed E-state index contributed by atoms with van der Waals surface area (Å²) in [5.74, 6) is 2.01. The highest BCUT2D eigenvalue weighted by Crippen LogP contribution is 2.17. The fourth-order valence-electron chi connectivity index (χ4n) is 2.63. The molecule has 0 bridgehead atoms. The highest BCUT2D eigenvalue weighted by atomic mass is 16.5. The Bertz CT molecular complexity index is 529. The number of hydrogen-bond donors (Lipinski definition) is 1. The van der Waals surface area contributed by atoms with Crippen molar-refractivity contribution in [3.8, 4) is 5.75 Å². The van der Waals surface area contributed by atoms with Crippen molar-refractivity contribution in [1.29, 1.82) is 0 Å². The van der Waals surface area contributed by atoms with Crippen LogP contribution < -0.4 is 10.1 Å². The van der Waals surface area contributed by atoms with Gasteiger partial charge in [0.25, 0.3) is 0 Å². The first-order valence-corrected chi connectivity index (χ1v) is 6.60. The molecule has 96 valence electrons. The average Bonchev–Trinajstić information content (AvgIpc) is 2.82. The second-order valence-electron chi connectivity index (χ2n) is 4.89. The van der Waals surface area contributed by atoms with Crippen molar-refractivity contribution < 1.29 is 4.74 Å². The van der Waals surface area contributed by atoms with Crippen LogP contribution in [0.2, 0.25) is 0 Å². The summed E-state index contributed by atoms with van der Waals surface area (Å²) in [6.07, 6.45) is 8.84. The molecule has 1 atom stereocenters. The van der Waals surface area contributed by atoms with Gasteiger partial charge in [0, 0.05) is 24.7 Å². The maximum Gasteiger partial charge on any atom is 0.122 e. The lowest BCUT2D eigenvalue weighted by atomic mass is 10.0. The van der Waals surface area contributed by atoms with Gasteiger partial charge in [0.05, 0.1) is 18.8 Å². The second-order valence-corrected chi connectivity index (χ2v) is 4.89. The van der Waals surface area contributed by atoms with Crippen molar-refractivity contribution in [2.75, 3.05) is 13.7 Å². The number of ether oxygens (including phenoxy) is 1. The normalized spacial score (nSPS) is 20.2. The minimum atomic E-state index is 0.575. The molecule has 0 aromatic carbocycles. The number of pyridine rings is 1. The first-order valence-electron chi connectivity index (χ1n) is 6.60. The van der Waals surface area contributed by atoms with E-state index in [9.17, 15) is 0 Å².